The summed E-state index contributed by atoms with van der Waals surface area (Å²) < 4.78 is 23.9. The molecule has 0 aliphatic carbocycles. The number of likely N-dealkylation sites (N-methyl/N-ethyl adjacent to an activating group) is 1. The van der Waals surface area contributed by atoms with Gasteiger partial charge in [0.05, 0.1) is 12.3 Å². The van der Waals surface area contributed by atoms with Crippen LogP contribution < -0.4 is 15.4 Å². The van der Waals surface area contributed by atoms with E-state index in [2.05, 4.69) is 20.8 Å². The third kappa shape index (κ3) is 6.07. The lowest BCUT2D eigenvalue weighted by molar-refractivity contribution is -0.124. The Balaban J connectivity index is 1.81. The molecule has 2 rings (SSSR count). The Morgan fingerprint density at radius 1 is 1.28 bits per heavy atom. The number of aromatic nitrogens is 2. The van der Waals surface area contributed by atoms with E-state index < -0.39 is 6.10 Å². The average molecular weight is 368 g/mol. The first-order valence-corrected chi connectivity index (χ1v) is 8.32. The van der Waals surface area contributed by atoms with Crippen LogP contribution in [-0.2, 0) is 9.59 Å². The Labute approximate surface area is 147 Å². The molecular weight excluding hydrogens is 351 g/mol. The normalized spacial score (nSPS) is 11.6. The highest BCUT2D eigenvalue weighted by atomic mass is 32.2. The average Bonchev–Trinajstić information content (AvgIpc) is 3.09. The molecule has 0 fully saturated rings. The van der Waals surface area contributed by atoms with Crippen molar-refractivity contribution in [2.45, 2.75) is 18.3 Å². The van der Waals surface area contributed by atoms with E-state index in [1.807, 2.05) is 0 Å². The van der Waals surface area contributed by atoms with Gasteiger partial charge >= 0.3 is 0 Å². The monoisotopic (exact) mass is 368 g/mol. The molecule has 2 N–H and O–H groups in total. The molecule has 0 radical (unpaired) electrons. The molecule has 0 saturated heterocycles. The van der Waals surface area contributed by atoms with Gasteiger partial charge in [0.1, 0.15) is 11.6 Å². The van der Waals surface area contributed by atoms with Crippen molar-refractivity contribution in [3.8, 4) is 5.75 Å². The number of ether oxygens (including phenoxy) is 1. The number of rotatable bonds is 8. The number of carbonyl (C=O) groups is 2. The number of nitrogens with one attached hydrogen (secondary N) is 2. The fourth-order valence-electron chi connectivity index (χ4n) is 1.66. The lowest BCUT2D eigenvalue weighted by atomic mass is 10.3. The van der Waals surface area contributed by atoms with E-state index in [0.717, 1.165) is 11.8 Å². The maximum Gasteiger partial charge on any atom is 0.277 e. The van der Waals surface area contributed by atoms with Crippen molar-refractivity contribution in [1.29, 1.82) is 0 Å². The molecule has 1 heterocycles. The topological polar surface area (TPSA) is 106 Å². The van der Waals surface area contributed by atoms with E-state index in [9.17, 15) is 14.0 Å². The van der Waals surface area contributed by atoms with Gasteiger partial charge in [0.15, 0.2) is 6.10 Å². The summed E-state index contributed by atoms with van der Waals surface area (Å²) in [6.45, 7) is 1.62. The number of thioether (sulfide) groups is 1. The SMILES string of the molecule is CNC(=O)CNC(=O)CSc1nnc([C@H](C)Oc2ccc(F)cc2)o1. The van der Waals surface area contributed by atoms with Crippen LogP contribution in [0, 0.1) is 5.82 Å². The molecule has 0 bridgehead atoms. The molecule has 8 nitrogen and oxygen atoms in total. The highest BCUT2D eigenvalue weighted by molar-refractivity contribution is 7.99. The molecule has 0 aliphatic heterocycles. The standard InChI is InChI=1S/C15H17FN4O4S/c1-9(23-11-5-3-10(16)4-6-11)14-19-20-15(24-14)25-8-13(22)18-7-12(21)17-2/h3-6,9H,7-8H2,1-2H3,(H,17,21)(H,18,22)/t9-/m0/s1. The van der Waals surface area contributed by atoms with E-state index in [1.165, 1.54) is 31.3 Å². The molecule has 25 heavy (non-hydrogen) atoms. The number of amides is 2. The summed E-state index contributed by atoms with van der Waals surface area (Å²) in [5, 5.41) is 12.7. The zero-order chi connectivity index (χ0) is 18.2. The molecule has 2 amide bonds. The number of hydrogen-bond acceptors (Lipinski definition) is 7. The second kappa shape index (κ2) is 9.02. The van der Waals surface area contributed by atoms with Crippen molar-refractivity contribution in [1.82, 2.24) is 20.8 Å². The van der Waals surface area contributed by atoms with Crippen LogP contribution in [0.2, 0.25) is 0 Å². The van der Waals surface area contributed by atoms with Crippen molar-refractivity contribution in [3.63, 3.8) is 0 Å². The third-order valence-corrected chi connectivity index (χ3v) is 3.77. The molecule has 2 aromatic rings. The minimum atomic E-state index is -0.533. The van der Waals surface area contributed by atoms with Crippen LogP contribution in [0.15, 0.2) is 33.9 Å². The summed E-state index contributed by atoms with van der Waals surface area (Å²) in [6.07, 6.45) is -0.533. The van der Waals surface area contributed by atoms with E-state index >= 15 is 0 Å². The molecule has 134 valence electrons. The first-order chi connectivity index (χ1) is 12.0. The van der Waals surface area contributed by atoms with E-state index in [1.54, 1.807) is 6.92 Å². The van der Waals surface area contributed by atoms with E-state index in [-0.39, 0.29) is 41.0 Å². The molecule has 0 aliphatic rings. The lowest BCUT2D eigenvalue weighted by Crippen LogP contribution is -2.35. The Kier molecular flexibility index (Phi) is 6.75. The second-order valence-corrected chi connectivity index (χ2v) is 5.79. The summed E-state index contributed by atoms with van der Waals surface area (Å²) in [7, 11) is 1.48. The van der Waals surface area contributed by atoms with Crippen molar-refractivity contribution >= 4 is 23.6 Å². The van der Waals surface area contributed by atoms with Crippen LogP contribution in [0.5, 0.6) is 5.75 Å². The zero-order valence-corrected chi connectivity index (χ0v) is 14.4. The first kappa shape index (κ1) is 18.7. The maximum atomic E-state index is 12.9. The van der Waals surface area contributed by atoms with Crippen LogP contribution in [0.25, 0.3) is 0 Å². The number of carbonyl (C=O) groups excluding carboxylic acids is 2. The maximum absolute atomic E-state index is 12.9. The molecule has 1 aromatic heterocycles. The van der Waals surface area contributed by atoms with Gasteiger partial charge in [-0.3, -0.25) is 9.59 Å². The predicted octanol–water partition coefficient (Wildman–Crippen LogP) is 1.30. The Morgan fingerprint density at radius 2 is 2.00 bits per heavy atom. The second-order valence-electron chi connectivity index (χ2n) is 4.86. The van der Waals surface area contributed by atoms with Gasteiger partial charge in [-0.05, 0) is 31.2 Å². The van der Waals surface area contributed by atoms with Crippen LogP contribution >= 0.6 is 11.8 Å². The fraction of sp³-hybridized carbons (Fsp3) is 0.333. The van der Waals surface area contributed by atoms with Gasteiger partial charge in [-0.1, -0.05) is 11.8 Å². The number of hydrogen-bond donors (Lipinski definition) is 2. The molecule has 0 spiro atoms. The molecular formula is C15H17FN4O4S. The summed E-state index contributed by atoms with van der Waals surface area (Å²) in [6, 6.07) is 5.56. The van der Waals surface area contributed by atoms with Gasteiger partial charge in [0.2, 0.25) is 11.8 Å². The van der Waals surface area contributed by atoms with Gasteiger partial charge in [0, 0.05) is 7.05 Å². The summed E-state index contributed by atoms with van der Waals surface area (Å²) >= 11 is 1.05. The van der Waals surface area contributed by atoms with Crippen LogP contribution in [0.3, 0.4) is 0 Å². The predicted molar refractivity (Wildman–Crippen MR) is 87.5 cm³/mol. The molecule has 0 saturated carbocycles. The van der Waals surface area contributed by atoms with E-state index in [0.29, 0.717) is 5.75 Å². The quantitative estimate of drug-likeness (QED) is 0.677. The van der Waals surface area contributed by atoms with Crippen LogP contribution in [0.4, 0.5) is 4.39 Å². The summed E-state index contributed by atoms with van der Waals surface area (Å²) in [4.78, 5) is 22.6. The minimum absolute atomic E-state index is 0.0336. The molecule has 1 aromatic carbocycles. The zero-order valence-electron chi connectivity index (χ0n) is 13.6. The van der Waals surface area contributed by atoms with Crippen molar-refractivity contribution in [3.05, 3.63) is 36.0 Å². The van der Waals surface area contributed by atoms with Crippen molar-refractivity contribution in [2.24, 2.45) is 0 Å². The van der Waals surface area contributed by atoms with Crippen molar-refractivity contribution in [2.75, 3.05) is 19.3 Å². The van der Waals surface area contributed by atoms with E-state index in [4.69, 9.17) is 9.15 Å². The highest BCUT2D eigenvalue weighted by Gasteiger charge is 2.17. The Bertz CT molecular complexity index is 723. The summed E-state index contributed by atoms with van der Waals surface area (Å²) in [5.41, 5.74) is 0. The molecule has 0 unspecified atom stereocenters. The lowest BCUT2D eigenvalue weighted by Gasteiger charge is -2.10. The molecule has 1 atom stereocenters. The number of benzene rings is 1. The van der Waals surface area contributed by atoms with Crippen molar-refractivity contribution < 1.29 is 23.1 Å². The number of halogens is 1. The van der Waals surface area contributed by atoms with Gasteiger partial charge in [-0.2, -0.15) is 0 Å². The van der Waals surface area contributed by atoms with Gasteiger partial charge in [-0.15, -0.1) is 10.2 Å². The van der Waals surface area contributed by atoms with Gasteiger partial charge in [0.25, 0.3) is 11.1 Å². The van der Waals surface area contributed by atoms with Gasteiger partial charge < -0.3 is 19.8 Å². The van der Waals surface area contributed by atoms with Gasteiger partial charge in [-0.25, -0.2) is 4.39 Å². The fourth-order valence-corrected chi connectivity index (χ4v) is 2.26. The smallest absolute Gasteiger partial charge is 0.277 e. The van der Waals surface area contributed by atoms with Crippen LogP contribution in [0.1, 0.15) is 18.9 Å². The minimum Gasteiger partial charge on any atom is -0.481 e. The summed E-state index contributed by atoms with van der Waals surface area (Å²) in [5.74, 6) is -0.237. The number of nitrogens with zero attached hydrogens (tertiary/aromatic N) is 2. The highest BCUT2D eigenvalue weighted by Crippen LogP contribution is 2.23. The Hall–Kier alpha value is -2.62. The first-order valence-electron chi connectivity index (χ1n) is 7.33. The Morgan fingerprint density at radius 3 is 2.68 bits per heavy atom. The third-order valence-electron chi connectivity index (χ3n) is 2.95. The van der Waals surface area contributed by atoms with Crippen LogP contribution in [-0.4, -0.2) is 41.4 Å². The largest absolute Gasteiger partial charge is 0.481 e. The molecule has 10 heteroatoms.